The first-order valence-electron chi connectivity index (χ1n) is 34.7. The number of carbonyl (C=O) groups excluding carboxylic acids is 4. The van der Waals surface area contributed by atoms with E-state index in [1.165, 1.54) is 24.3 Å². The van der Waals surface area contributed by atoms with Crippen LogP contribution >= 0.6 is 55.1 Å². The molecule has 540 valence electrons. The zero-order valence-electron chi connectivity index (χ0n) is 57.0. The number of anilines is 4. The minimum atomic E-state index is -0.514. The lowest BCUT2D eigenvalue weighted by Crippen LogP contribution is -2.45. The average molecular weight is 1570 g/mol. The molecule has 16 rings (SSSR count). The Bertz CT molecular complexity index is 4050. The molecule has 4 aromatic heterocycles. The standard InChI is InChI=1S/C18H20BrFN4O2.C18H21BrN4O2.C18H20ClFN4O2.C18H21ClN4O2/c1-10-7-15-12(17(23-22-15)16-3-2-6-26-16)9-24(10)18(25)21-11-4-5-14(20)13(19)8-11;1-11-8-15-14(17(22-21-15)16-6-3-7-25-16)10-23(11)18(24)20-13-5-2-4-12(19)9-13;1-10-7-15-12(17(23-22-15)16-3-2-6-26-16)9-24(10)18(25)21-11-4-5-14(20)13(19)8-11;1-11-8-15-14(17(22-21-15)16-6-3-7-25-16)10-23(11)18(24)20-13-5-2-4-12(19)9-13/h4-5,8,10,16H,2-3,6-7,9H2,1H3,(H,21,25)(H,22,23);2,4-5,9,11,16H,3,6-8,10H2,1H3,(H,20,24)(H,21,22);4-5,8,10,16H,2-3,6-7,9H2,1H3,(H,21,25)(H,22,23);2,4-5,9,11,16H,3,6-8,10H2,1H3,(H,20,24)(H,21,22). The maximum atomic E-state index is 13.4. The van der Waals surface area contributed by atoms with Gasteiger partial charge >= 0.3 is 24.1 Å². The van der Waals surface area contributed by atoms with Crippen LogP contribution in [0.5, 0.6) is 0 Å². The number of carbonyl (C=O) groups is 4. The van der Waals surface area contributed by atoms with Gasteiger partial charge in [0, 0.05) is 154 Å². The third kappa shape index (κ3) is 16.7. The Labute approximate surface area is 616 Å². The van der Waals surface area contributed by atoms with E-state index in [2.05, 4.69) is 101 Å². The minimum Gasteiger partial charge on any atom is -0.372 e. The second-order valence-electron chi connectivity index (χ2n) is 27.0. The smallest absolute Gasteiger partial charge is 0.322 e. The summed E-state index contributed by atoms with van der Waals surface area (Å²) in [4.78, 5) is 58.4. The van der Waals surface area contributed by atoms with Crippen LogP contribution in [-0.4, -0.2) is 135 Å². The quantitative estimate of drug-likeness (QED) is 0.0705. The van der Waals surface area contributed by atoms with Crippen molar-refractivity contribution < 1.29 is 46.9 Å². The molecule has 8 N–H and O–H groups in total. The summed E-state index contributed by atoms with van der Waals surface area (Å²) in [5, 5.41) is 42.5. The fourth-order valence-electron chi connectivity index (χ4n) is 14.4. The van der Waals surface area contributed by atoms with E-state index in [0.29, 0.717) is 59.2 Å². The van der Waals surface area contributed by atoms with Crippen LogP contribution in [0.2, 0.25) is 10.0 Å². The summed E-state index contributed by atoms with van der Waals surface area (Å²) >= 11 is 18.4. The van der Waals surface area contributed by atoms with Crippen molar-refractivity contribution in [3.8, 4) is 0 Å². The molecule has 102 heavy (non-hydrogen) atoms. The van der Waals surface area contributed by atoms with Gasteiger partial charge in [0.25, 0.3) is 0 Å². The third-order valence-corrected chi connectivity index (χ3v) is 21.5. The Morgan fingerprint density at radius 2 is 0.765 bits per heavy atom. The van der Waals surface area contributed by atoms with Gasteiger partial charge in [-0.3, -0.25) is 20.4 Å². The number of benzene rings is 4. The second-order valence-corrected chi connectivity index (χ2v) is 29.6. The lowest BCUT2D eigenvalue weighted by molar-refractivity contribution is 0.106. The predicted octanol–water partition coefficient (Wildman–Crippen LogP) is 16.1. The van der Waals surface area contributed by atoms with Crippen molar-refractivity contribution in [3.63, 3.8) is 0 Å². The highest BCUT2D eigenvalue weighted by Crippen LogP contribution is 2.40. The molecule has 4 saturated heterocycles. The summed E-state index contributed by atoms with van der Waals surface area (Å²) in [6, 6.07) is 23.0. The van der Waals surface area contributed by atoms with E-state index < -0.39 is 5.82 Å². The van der Waals surface area contributed by atoms with Gasteiger partial charge in [0.1, 0.15) is 36.1 Å². The molecular weight excluding hydrogens is 1490 g/mol. The first kappa shape index (κ1) is 72.4. The van der Waals surface area contributed by atoms with Crippen molar-refractivity contribution >= 4 is 102 Å². The molecule has 0 aliphatic carbocycles. The number of hydrogen-bond donors (Lipinski definition) is 8. The number of H-pyrrole nitrogens is 4. The number of halogens is 6. The van der Waals surface area contributed by atoms with Gasteiger partial charge in [-0.1, -0.05) is 51.3 Å². The normalized spacial score (nSPS) is 22.5. The molecule has 24 nitrogen and oxygen atoms in total. The largest absolute Gasteiger partial charge is 0.372 e. The fourth-order valence-corrected chi connectivity index (χ4v) is 15.5. The van der Waals surface area contributed by atoms with E-state index in [-0.39, 0.29) is 83.5 Å². The number of ether oxygens (including phenoxy) is 4. The zero-order valence-corrected chi connectivity index (χ0v) is 61.6. The van der Waals surface area contributed by atoms with Gasteiger partial charge in [0.2, 0.25) is 0 Å². The summed E-state index contributed by atoms with van der Waals surface area (Å²) in [5.41, 5.74) is 15.0. The molecule has 8 aliphatic heterocycles. The molecule has 0 radical (unpaired) electrons. The van der Waals surface area contributed by atoms with Crippen LogP contribution in [0.15, 0.2) is 93.9 Å². The van der Waals surface area contributed by atoms with Crippen LogP contribution in [0.3, 0.4) is 0 Å². The van der Waals surface area contributed by atoms with Gasteiger partial charge < -0.3 is 59.8 Å². The molecule has 4 aromatic carbocycles. The Balaban J connectivity index is 0.000000121. The molecule has 8 aromatic rings. The summed E-state index contributed by atoms with van der Waals surface area (Å²) in [6.45, 7) is 13.2. The van der Waals surface area contributed by atoms with Crippen LogP contribution < -0.4 is 21.3 Å². The topological polar surface area (TPSA) is 281 Å². The Kier molecular flexibility index (Phi) is 23.0. The maximum absolute atomic E-state index is 13.4. The van der Waals surface area contributed by atoms with Gasteiger partial charge in [0.05, 0.1) is 58.5 Å². The summed E-state index contributed by atoms with van der Waals surface area (Å²) in [6.07, 6.45) is 11.2. The number of aromatic nitrogens is 8. The Morgan fingerprint density at radius 1 is 0.441 bits per heavy atom. The highest BCUT2D eigenvalue weighted by Gasteiger charge is 2.39. The monoisotopic (exact) mass is 1560 g/mol. The summed E-state index contributed by atoms with van der Waals surface area (Å²) < 4.78 is 51.0. The molecular formula is C72H82Br2Cl2F2N16O8. The van der Waals surface area contributed by atoms with E-state index in [1.54, 1.807) is 34.1 Å². The van der Waals surface area contributed by atoms with Gasteiger partial charge in [-0.05, 0) is 168 Å². The number of hydrogen-bond acceptors (Lipinski definition) is 12. The molecule has 8 unspecified atom stereocenters. The number of aromatic amines is 4. The van der Waals surface area contributed by atoms with E-state index >= 15 is 0 Å². The molecule has 0 saturated carbocycles. The average Bonchev–Trinajstić information content (AvgIpc) is 1.67. The summed E-state index contributed by atoms with van der Waals surface area (Å²) in [5.74, 6) is -0.876. The van der Waals surface area contributed by atoms with E-state index in [1.807, 2.05) is 67.0 Å². The van der Waals surface area contributed by atoms with E-state index in [0.717, 1.165) is 175 Å². The number of nitrogens with one attached hydrogen (secondary N) is 8. The highest BCUT2D eigenvalue weighted by molar-refractivity contribution is 9.10. The van der Waals surface area contributed by atoms with Gasteiger partial charge in [-0.15, -0.1) is 0 Å². The van der Waals surface area contributed by atoms with Crippen LogP contribution in [0.1, 0.15) is 171 Å². The molecule has 8 atom stereocenters. The van der Waals surface area contributed by atoms with Crippen molar-refractivity contribution in [2.45, 2.75) is 180 Å². The van der Waals surface area contributed by atoms with Crippen molar-refractivity contribution in [2.24, 2.45) is 0 Å². The van der Waals surface area contributed by atoms with Crippen molar-refractivity contribution in [1.29, 1.82) is 0 Å². The Hall–Kier alpha value is -7.96. The SMILES string of the molecule is CC1Cc2[nH]nc(C3CCCO3)c2CN1C(=O)Nc1ccc(F)c(Br)c1.CC1Cc2[nH]nc(C3CCCO3)c2CN1C(=O)Nc1ccc(F)c(Cl)c1.CC1Cc2[nH]nc(C3CCCO3)c2CN1C(=O)Nc1cccc(Br)c1.CC1Cc2[nH]nc(C3CCCO3)c2CN1C(=O)Nc1cccc(Cl)c1. The molecule has 30 heteroatoms. The number of amides is 8. The first-order chi connectivity index (χ1) is 49.3. The van der Waals surface area contributed by atoms with Gasteiger partial charge in [0.15, 0.2) is 0 Å². The van der Waals surface area contributed by atoms with Crippen LogP contribution in [0.25, 0.3) is 0 Å². The van der Waals surface area contributed by atoms with E-state index in [4.69, 9.17) is 42.1 Å². The maximum Gasteiger partial charge on any atom is 0.322 e. The molecule has 8 aliphatic rings. The molecule has 12 heterocycles. The van der Waals surface area contributed by atoms with Crippen LogP contribution in [-0.2, 0) is 70.8 Å². The van der Waals surface area contributed by atoms with Crippen LogP contribution in [0, 0.1) is 11.6 Å². The van der Waals surface area contributed by atoms with Crippen LogP contribution in [0.4, 0.5) is 50.7 Å². The van der Waals surface area contributed by atoms with E-state index in [9.17, 15) is 28.0 Å². The third-order valence-electron chi connectivity index (χ3n) is 19.9. The number of urea groups is 4. The second kappa shape index (κ2) is 32.4. The zero-order chi connectivity index (χ0) is 71.3. The van der Waals surface area contributed by atoms with Crippen molar-refractivity contribution in [3.05, 3.63) is 183 Å². The number of nitrogens with zero attached hydrogens (tertiary/aromatic N) is 8. The molecule has 0 spiro atoms. The number of fused-ring (bicyclic) bond motifs is 4. The minimum absolute atomic E-state index is 0.00391. The lowest BCUT2D eigenvalue weighted by atomic mass is 9.97. The predicted molar refractivity (Wildman–Crippen MR) is 388 cm³/mol. The fraction of sp³-hybridized carbons (Fsp3) is 0.444. The van der Waals surface area contributed by atoms with Crippen molar-refractivity contribution in [2.75, 3.05) is 47.7 Å². The highest BCUT2D eigenvalue weighted by atomic mass is 79.9. The molecule has 8 amide bonds. The summed E-state index contributed by atoms with van der Waals surface area (Å²) in [7, 11) is 0. The number of rotatable bonds is 8. The Morgan fingerprint density at radius 3 is 1.08 bits per heavy atom. The first-order valence-corrected chi connectivity index (χ1v) is 37.0. The van der Waals surface area contributed by atoms with Crippen molar-refractivity contribution in [1.82, 2.24) is 60.4 Å². The lowest BCUT2D eigenvalue weighted by Gasteiger charge is -2.33. The van der Waals surface area contributed by atoms with Gasteiger partial charge in [-0.25, -0.2) is 28.0 Å². The van der Waals surface area contributed by atoms with Gasteiger partial charge in [-0.2, -0.15) is 20.4 Å². The molecule has 4 fully saturated rings. The molecule has 0 bridgehead atoms.